The first-order chi connectivity index (χ1) is 6.84. The highest BCUT2D eigenvalue weighted by atomic mass is 15.3. The lowest BCUT2D eigenvalue weighted by Gasteiger charge is -1.94. The Kier molecular flexibility index (Phi) is 2.40. The molecule has 70 valence electrons. The number of hydrogen-bond acceptors (Lipinski definition) is 2. The molecule has 1 aromatic heterocycles. The highest BCUT2D eigenvalue weighted by Crippen LogP contribution is 2.00. The molecule has 1 heterocycles. The first kappa shape index (κ1) is 8.69. The molecule has 2 aromatic rings. The lowest BCUT2D eigenvalue weighted by atomic mass is 10.2. The maximum absolute atomic E-state index is 4.20. The van der Waals surface area contributed by atoms with Crippen LogP contribution in [0.4, 0.5) is 0 Å². The topological polar surface area (TPSA) is 30.2 Å². The Balaban J connectivity index is 2.15. The predicted molar refractivity (Wildman–Crippen MR) is 56.4 cm³/mol. The van der Waals surface area contributed by atoms with E-state index in [2.05, 4.69) is 29.1 Å². The van der Waals surface area contributed by atoms with E-state index < -0.39 is 0 Å². The molecule has 0 saturated carbocycles. The van der Waals surface area contributed by atoms with Gasteiger partial charge in [-0.3, -0.25) is 0 Å². The quantitative estimate of drug-likeness (QED) is 0.659. The number of rotatable bonds is 2. The number of aromatic nitrogens is 2. The smallest absolute Gasteiger partial charge is 0.116 e. The van der Waals surface area contributed by atoms with Crippen molar-refractivity contribution in [3.05, 3.63) is 54.1 Å². The molecule has 0 radical (unpaired) electrons. The summed E-state index contributed by atoms with van der Waals surface area (Å²) in [6.07, 6.45) is 6.96. The zero-order valence-corrected chi connectivity index (χ0v) is 7.96. The van der Waals surface area contributed by atoms with Crippen LogP contribution >= 0.6 is 0 Å². The normalized spacial score (nSPS) is 10.9. The molecule has 3 heteroatoms. The number of aryl methyl sites for hydroxylation is 1. The standard InChI is InChI=1S/C11H11N3/c1-10-2-4-11(5-3-10)8-13-14-7-6-12-9-14/h2-9H,1H3/b13-8+. The molecule has 0 amide bonds. The zero-order valence-electron chi connectivity index (χ0n) is 7.96. The predicted octanol–water partition coefficient (Wildman–Crippen LogP) is 2.07. The lowest BCUT2D eigenvalue weighted by molar-refractivity contribution is 0.882. The Morgan fingerprint density at radius 2 is 2.07 bits per heavy atom. The average Bonchev–Trinajstić information content (AvgIpc) is 2.70. The van der Waals surface area contributed by atoms with Gasteiger partial charge in [0.2, 0.25) is 0 Å². The van der Waals surface area contributed by atoms with Gasteiger partial charge in [-0.15, -0.1) is 0 Å². The van der Waals surface area contributed by atoms with Gasteiger partial charge in [-0.05, 0) is 12.5 Å². The van der Waals surface area contributed by atoms with Crippen LogP contribution in [0.5, 0.6) is 0 Å². The Morgan fingerprint density at radius 3 is 2.71 bits per heavy atom. The molecule has 1 aromatic carbocycles. The van der Waals surface area contributed by atoms with Crippen LogP contribution in [-0.2, 0) is 0 Å². The molecule has 0 aliphatic heterocycles. The van der Waals surface area contributed by atoms with Crippen molar-refractivity contribution in [3.8, 4) is 0 Å². The van der Waals surface area contributed by atoms with Crippen molar-refractivity contribution < 1.29 is 0 Å². The third-order valence-corrected chi connectivity index (χ3v) is 1.91. The van der Waals surface area contributed by atoms with E-state index in [4.69, 9.17) is 0 Å². The van der Waals surface area contributed by atoms with E-state index >= 15 is 0 Å². The minimum Gasteiger partial charge on any atom is -0.243 e. The summed E-state index contributed by atoms with van der Waals surface area (Å²) < 4.78 is 1.67. The van der Waals surface area contributed by atoms with Crippen molar-refractivity contribution in [2.75, 3.05) is 0 Å². The van der Waals surface area contributed by atoms with Gasteiger partial charge in [-0.1, -0.05) is 29.8 Å². The van der Waals surface area contributed by atoms with Crippen molar-refractivity contribution in [2.24, 2.45) is 5.10 Å². The van der Waals surface area contributed by atoms with Gasteiger partial charge in [0.1, 0.15) is 6.33 Å². The van der Waals surface area contributed by atoms with Gasteiger partial charge in [-0.2, -0.15) is 5.10 Å². The van der Waals surface area contributed by atoms with E-state index in [-0.39, 0.29) is 0 Å². The van der Waals surface area contributed by atoms with E-state index in [0.29, 0.717) is 0 Å². The first-order valence-electron chi connectivity index (χ1n) is 4.43. The fourth-order valence-electron chi connectivity index (χ4n) is 1.11. The maximum Gasteiger partial charge on any atom is 0.116 e. The van der Waals surface area contributed by atoms with Gasteiger partial charge in [0.25, 0.3) is 0 Å². The van der Waals surface area contributed by atoms with Crippen LogP contribution in [-0.4, -0.2) is 15.9 Å². The molecular weight excluding hydrogens is 174 g/mol. The summed E-state index contributed by atoms with van der Waals surface area (Å²) in [4.78, 5) is 3.90. The highest BCUT2D eigenvalue weighted by molar-refractivity contribution is 5.79. The molecule has 0 unspecified atom stereocenters. The van der Waals surface area contributed by atoms with Gasteiger partial charge in [-0.25, -0.2) is 9.66 Å². The van der Waals surface area contributed by atoms with Crippen molar-refractivity contribution in [1.82, 2.24) is 9.66 Å². The van der Waals surface area contributed by atoms with E-state index in [0.717, 1.165) is 5.56 Å². The van der Waals surface area contributed by atoms with Crippen LogP contribution in [0.15, 0.2) is 48.1 Å². The fraction of sp³-hybridized carbons (Fsp3) is 0.0909. The number of benzene rings is 1. The van der Waals surface area contributed by atoms with Gasteiger partial charge in [0.05, 0.1) is 6.21 Å². The van der Waals surface area contributed by atoms with Crippen LogP contribution in [0.2, 0.25) is 0 Å². The maximum atomic E-state index is 4.20. The van der Waals surface area contributed by atoms with Crippen molar-refractivity contribution in [3.63, 3.8) is 0 Å². The minimum absolute atomic E-state index is 1.09. The highest BCUT2D eigenvalue weighted by Gasteiger charge is 1.87. The summed E-state index contributed by atoms with van der Waals surface area (Å²) >= 11 is 0. The van der Waals surface area contributed by atoms with E-state index in [1.807, 2.05) is 12.1 Å². The van der Waals surface area contributed by atoms with Crippen molar-refractivity contribution in [1.29, 1.82) is 0 Å². The molecular formula is C11H11N3. The molecule has 0 atom stereocenters. The van der Waals surface area contributed by atoms with Crippen LogP contribution in [0.3, 0.4) is 0 Å². The summed E-state index contributed by atoms with van der Waals surface area (Å²) in [6.45, 7) is 2.07. The summed E-state index contributed by atoms with van der Waals surface area (Å²) in [6, 6.07) is 8.20. The lowest BCUT2D eigenvalue weighted by Crippen LogP contribution is -1.86. The largest absolute Gasteiger partial charge is 0.243 e. The Labute approximate surface area is 82.7 Å². The summed E-state index contributed by atoms with van der Waals surface area (Å²) in [5, 5.41) is 4.20. The second-order valence-corrected chi connectivity index (χ2v) is 3.10. The summed E-state index contributed by atoms with van der Waals surface area (Å²) in [5.41, 5.74) is 2.34. The average molecular weight is 185 g/mol. The zero-order chi connectivity index (χ0) is 9.80. The molecule has 0 fully saturated rings. The van der Waals surface area contributed by atoms with Crippen LogP contribution in [0.1, 0.15) is 11.1 Å². The fourth-order valence-corrected chi connectivity index (χ4v) is 1.11. The summed E-state index contributed by atoms with van der Waals surface area (Å²) in [7, 11) is 0. The van der Waals surface area contributed by atoms with Crippen LogP contribution in [0.25, 0.3) is 0 Å². The second-order valence-electron chi connectivity index (χ2n) is 3.10. The molecule has 14 heavy (non-hydrogen) atoms. The molecule has 0 spiro atoms. The van der Waals surface area contributed by atoms with Crippen LogP contribution in [0, 0.1) is 6.92 Å². The molecule has 0 N–H and O–H groups in total. The second kappa shape index (κ2) is 3.87. The third-order valence-electron chi connectivity index (χ3n) is 1.91. The minimum atomic E-state index is 1.09. The Morgan fingerprint density at radius 1 is 1.29 bits per heavy atom. The molecule has 0 bridgehead atoms. The Bertz CT molecular complexity index is 412. The van der Waals surface area contributed by atoms with Crippen molar-refractivity contribution in [2.45, 2.75) is 6.92 Å². The van der Waals surface area contributed by atoms with E-state index in [1.54, 1.807) is 29.6 Å². The van der Waals surface area contributed by atoms with E-state index in [9.17, 15) is 0 Å². The van der Waals surface area contributed by atoms with Crippen molar-refractivity contribution >= 4 is 6.21 Å². The van der Waals surface area contributed by atoms with Gasteiger partial charge >= 0.3 is 0 Å². The number of hydrogen-bond donors (Lipinski definition) is 0. The molecule has 2 rings (SSSR count). The first-order valence-corrected chi connectivity index (χ1v) is 4.43. The number of nitrogens with zero attached hydrogens (tertiary/aromatic N) is 3. The molecule has 0 aliphatic rings. The van der Waals surface area contributed by atoms with Gasteiger partial charge in [0.15, 0.2) is 0 Å². The summed E-state index contributed by atoms with van der Waals surface area (Å²) in [5.74, 6) is 0. The number of imidazole rings is 1. The van der Waals surface area contributed by atoms with Gasteiger partial charge in [0, 0.05) is 12.4 Å². The SMILES string of the molecule is Cc1ccc(/C=N/n2ccnc2)cc1. The monoisotopic (exact) mass is 185 g/mol. The molecule has 0 saturated heterocycles. The molecule has 0 aliphatic carbocycles. The van der Waals surface area contributed by atoms with Gasteiger partial charge < -0.3 is 0 Å². The van der Waals surface area contributed by atoms with Crippen LogP contribution < -0.4 is 0 Å². The third kappa shape index (κ3) is 2.07. The Hall–Kier alpha value is -1.90. The van der Waals surface area contributed by atoms with E-state index in [1.165, 1.54) is 5.56 Å². The molecule has 3 nitrogen and oxygen atoms in total.